The normalized spacial score (nSPS) is 11.2. The van der Waals surface area contributed by atoms with Crippen LogP contribution >= 0.6 is 0 Å². The summed E-state index contributed by atoms with van der Waals surface area (Å²) in [6.07, 6.45) is 1.31. The molecular weight excluding hydrogens is 350 g/mol. The van der Waals surface area contributed by atoms with Gasteiger partial charge < -0.3 is 4.74 Å². The lowest BCUT2D eigenvalue weighted by molar-refractivity contribution is -0.138. The number of anilines is 1. The molecule has 0 unspecified atom stereocenters. The fourth-order valence-corrected chi connectivity index (χ4v) is 4.32. The zero-order chi connectivity index (χ0) is 19.3. The van der Waals surface area contributed by atoms with Crippen LogP contribution in [0, 0.1) is 6.92 Å². The number of carbonyl (C=O) groups is 1. The Balaban J connectivity index is 2.68. The number of ether oxygens (including phenoxy) is 1. The Bertz CT molecular complexity index is 851. The van der Waals surface area contributed by atoms with E-state index in [9.17, 15) is 13.2 Å². The maximum atomic E-state index is 13.3. The fraction of sp³-hybridized carbons (Fsp3) is 0.350. The number of rotatable bonds is 7. The Morgan fingerprint density at radius 3 is 2.00 bits per heavy atom. The average Bonchev–Trinajstić information content (AvgIpc) is 2.65. The lowest BCUT2D eigenvalue weighted by Crippen LogP contribution is -2.37. The number of nitrogens with zero attached hydrogens (tertiary/aromatic N) is 1. The van der Waals surface area contributed by atoms with Crippen LogP contribution < -0.4 is 4.31 Å². The van der Waals surface area contributed by atoms with Gasteiger partial charge in [0.15, 0.2) is 0 Å². The molecule has 0 aliphatic heterocycles. The van der Waals surface area contributed by atoms with E-state index >= 15 is 0 Å². The maximum Gasteiger partial charge on any atom is 0.326 e. The standard InChI is InChI=1S/C20H25NO4S/c1-5-16-8-7-9-17(6-2)20(16)21(14-19(22)25-4)26(23,24)18-12-10-15(3)11-13-18/h7-13H,5-6,14H2,1-4H3. The second kappa shape index (κ2) is 8.36. The Morgan fingerprint density at radius 2 is 1.54 bits per heavy atom. The molecule has 0 aliphatic rings. The second-order valence-electron chi connectivity index (χ2n) is 6.03. The summed E-state index contributed by atoms with van der Waals surface area (Å²) >= 11 is 0. The van der Waals surface area contributed by atoms with Crippen molar-refractivity contribution in [2.24, 2.45) is 0 Å². The summed E-state index contributed by atoms with van der Waals surface area (Å²) < 4.78 is 32.6. The zero-order valence-corrected chi connectivity index (χ0v) is 16.5. The molecule has 0 aliphatic carbocycles. The van der Waals surface area contributed by atoms with Crippen molar-refractivity contribution < 1.29 is 17.9 Å². The van der Waals surface area contributed by atoms with Crippen LogP contribution in [0.5, 0.6) is 0 Å². The molecule has 0 spiro atoms. The molecule has 5 nitrogen and oxygen atoms in total. The summed E-state index contributed by atoms with van der Waals surface area (Å²) in [4.78, 5) is 12.2. The first-order valence-corrected chi connectivity index (χ1v) is 10.1. The second-order valence-corrected chi connectivity index (χ2v) is 7.90. The van der Waals surface area contributed by atoms with Crippen LogP contribution in [-0.2, 0) is 32.4 Å². The zero-order valence-electron chi connectivity index (χ0n) is 15.7. The number of esters is 1. The molecule has 0 bridgehead atoms. The van der Waals surface area contributed by atoms with E-state index in [4.69, 9.17) is 4.74 Å². The minimum atomic E-state index is -3.91. The number of sulfonamides is 1. The smallest absolute Gasteiger partial charge is 0.326 e. The van der Waals surface area contributed by atoms with E-state index in [0.29, 0.717) is 18.5 Å². The molecule has 0 saturated heterocycles. The molecule has 0 amide bonds. The summed E-state index contributed by atoms with van der Waals surface area (Å²) in [7, 11) is -2.65. The van der Waals surface area contributed by atoms with Gasteiger partial charge in [0.05, 0.1) is 17.7 Å². The van der Waals surface area contributed by atoms with Crippen LogP contribution in [0.15, 0.2) is 47.4 Å². The lowest BCUT2D eigenvalue weighted by Gasteiger charge is -2.28. The van der Waals surface area contributed by atoms with E-state index in [1.54, 1.807) is 24.3 Å². The summed E-state index contributed by atoms with van der Waals surface area (Å²) in [5, 5.41) is 0. The quantitative estimate of drug-likeness (QED) is 0.695. The van der Waals surface area contributed by atoms with Crippen LogP contribution in [-0.4, -0.2) is 28.0 Å². The third kappa shape index (κ3) is 4.07. The third-order valence-corrected chi connectivity index (χ3v) is 6.08. The van der Waals surface area contributed by atoms with Gasteiger partial charge in [-0.2, -0.15) is 0 Å². The molecule has 26 heavy (non-hydrogen) atoms. The number of para-hydroxylation sites is 1. The van der Waals surface area contributed by atoms with Crippen molar-refractivity contribution >= 4 is 21.7 Å². The van der Waals surface area contributed by atoms with Crippen LogP contribution in [0.25, 0.3) is 0 Å². The molecule has 0 radical (unpaired) electrons. The van der Waals surface area contributed by atoms with Crippen LogP contribution in [0.3, 0.4) is 0 Å². The van der Waals surface area contributed by atoms with Gasteiger partial charge in [0, 0.05) is 0 Å². The van der Waals surface area contributed by atoms with Gasteiger partial charge >= 0.3 is 5.97 Å². The Kier molecular flexibility index (Phi) is 6.42. The molecule has 2 aromatic carbocycles. The predicted molar refractivity (Wildman–Crippen MR) is 103 cm³/mol. The summed E-state index contributed by atoms with van der Waals surface area (Å²) in [5.74, 6) is -0.603. The highest BCUT2D eigenvalue weighted by atomic mass is 32.2. The predicted octanol–water partition coefficient (Wildman–Crippen LogP) is 3.49. The van der Waals surface area contributed by atoms with Crippen molar-refractivity contribution in [2.75, 3.05) is 18.0 Å². The van der Waals surface area contributed by atoms with Crippen LogP contribution in [0.4, 0.5) is 5.69 Å². The number of aryl methyl sites for hydroxylation is 3. The van der Waals surface area contributed by atoms with E-state index in [1.807, 2.05) is 39.0 Å². The number of hydrogen-bond acceptors (Lipinski definition) is 4. The number of benzene rings is 2. The van der Waals surface area contributed by atoms with Gasteiger partial charge in [-0.1, -0.05) is 49.7 Å². The first-order chi connectivity index (χ1) is 12.3. The molecule has 0 heterocycles. The van der Waals surface area contributed by atoms with Crippen molar-refractivity contribution in [1.29, 1.82) is 0 Å². The minimum Gasteiger partial charge on any atom is -0.468 e. The first kappa shape index (κ1) is 20.0. The van der Waals surface area contributed by atoms with Gasteiger partial charge in [-0.3, -0.25) is 9.10 Å². The van der Waals surface area contributed by atoms with Crippen molar-refractivity contribution in [3.05, 3.63) is 59.2 Å². The van der Waals surface area contributed by atoms with E-state index in [-0.39, 0.29) is 11.4 Å². The molecule has 0 aromatic heterocycles. The van der Waals surface area contributed by atoms with E-state index in [2.05, 4.69) is 0 Å². The summed E-state index contributed by atoms with van der Waals surface area (Å²) in [5.41, 5.74) is 3.29. The summed E-state index contributed by atoms with van der Waals surface area (Å²) in [6.45, 7) is 5.46. The SMILES string of the molecule is CCc1cccc(CC)c1N(CC(=O)OC)S(=O)(=O)c1ccc(C)cc1. The Morgan fingerprint density at radius 1 is 1.00 bits per heavy atom. The van der Waals surface area contributed by atoms with E-state index in [0.717, 1.165) is 16.7 Å². The van der Waals surface area contributed by atoms with Gasteiger partial charge in [0.1, 0.15) is 6.54 Å². The number of carbonyl (C=O) groups excluding carboxylic acids is 1. The van der Waals surface area contributed by atoms with Gasteiger partial charge in [0.2, 0.25) is 0 Å². The highest BCUT2D eigenvalue weighted by Crippen LogP contribution is 2.31. The summed E-state index contributed by atoms with van der Waals surface area (Å²) in [6, 6.07) is 12.3. The van der Waals surface area contributed by atoms with Crippen molar-refractivity contribution in [3.8, 4) is 0 Å². The first-order valence-electron chi connectivity index (χ1n) is 8.62. The van der Waals surface area contributed by atoms with E-state index < -0.39 is 16.0 Å². The van der Waals surface area contributed by atoms with Crippen molar-refractivity contribution in [3.63, 3.8) is 0 Å². The fourth-order valence-electron chi connectivity index (χ4n) is 2.84. The molecule has 0 atom stereocenters. The average molecular weight is 375 g/mol. The molecule has 2 rings (SSSR count). The monoisotopic (exact) mass is 375 g/mol. The topological polar surface area (TPSA) is 63.7 Å². The number of methoxy groups -OCH3 is 1. The van der Waals surface area contributed by atoms with Crippen molar-refractivity contribution in [2.45, 2.75) is 38.5 Å². The van der Waals surface area contributed by atoms with Gasteiger partial charge in [0.25, 0.3) is 10.0 Å². The number of hydrogen-bond donors (Lipinski definition) is 0. The van der Waals surface area contributed by atoms with Crippen molar-refractivity contribution in [1.82, 2.24) is 0 Å². The molecule has 2 aromatic rings. The third-order valence-electron chi connectivity index (χ3n) is 4.32. The van der Waals surface area contributed by atoms with Gasteiger partial charge in [-0.15, -0.1) is 0 Å². The molecule has 0 N–H and O–H groups in total. The molecule has 0 fully saturated rings. The highest BCUT2D eigenvalue weighted by Gasteiger charge is 2.30. The van der Waals surface area contributed by atoms with Gasteiger partial charge in [-0.25, -0.2) is 8.42 Å². The van der Waals surface area contributed by atoms with Crippen LogP contribution in [0.1, 0.15) is 30.5 Å². The molecule has 0 saturated carbocycles. The lowest BCUT2D eigenvalue weighted by atomic mass is 10.0. The largest absolute Gasteiger partial charge is 0.468 e. The Hall–Kier alpha value is -2.34. The highest BCUT2D eigenvalue weighted by molar-refractivity contribution is 7.92. The Labute approximate surface area is 155 Å². The van der Waals surface area contributed by atoms with Crippen LogP contribution in [0.2, 0.25) is 0 Å². The minimum absolute atomic E-state index is 0.153. The molecule has 6 heteroatoms. The van der Waals surface area contributed by atoms with E-state index in [1.165, 1.54) is 11.4 Å². The molecular formula is C20H25NO4S. The van der Waals surface area contributed by atoms with Gasteiger partial charge in [-0.05, 0) is 43.0 Å². The maximum absolute atomic E-state index is 13.3. The molecule has 140 valence electrons.